The fourth-order valence-electron chi connectivity index (χ4n) is 2.80. The first-order valence-electron chi connectivity index (χ1n) is 6.37. The summed E-state index contributed by atoms with van der Waals surface area (Å²) in [5.74, 6) is 0.108. The Labute approximate surface area is 103 Å². The molecule has 0 amide bonds. The van der Waals surface area contributed by atoms with E-state index in [0.29, 0.717) is 5.92 Å². The zero-order valence-electron chi connectivity index (χ0n) is 10.6. The van der Waals surface area contributed by atoms with Gasteiger partial charge in [-0.25, -0.2) is 0 Å². The van der Waals surface area contributed by atoms with Crippen molar-refractivity contribution in [3.05, 3.63) is 34.9 Å². The zero-order chi connectivity index (χ0) is 12.4. The number of aliphatic carboxylic acids is 1. The molecule has 0 spiro atoms. The summed E-state index contributed by atoms with van der Waals surface area (Å²) in [6.45, 7) is 4.17. The van der Waals surface area contributed by atoms with Gasteiger partial charge < -0.3 is 5.11 Å². The second kappa shape index (κ2) is 4.91. The molecule has 0 aliphatic heterocycles. The van der Waals surface area contributed by atoms with Gasteiger partial charge in [-0.2, -0.15) is 0 Å². The Morgan fingerprint density at radius 3 is 2.59 bits per heavy atom. The summed E-state index contributed by atoms with van der Waals surface area (Å²) in [7, 11) is 0. The second-order valence-electron chi connectivity index (χ2n) is 5.26. The summed E-state index contributed by atoms with van der Waals surface area (Å²) in [5, 5.41) is 9.06. The summed E-state index contributed by atoms with van der Waals surface area (Å²) in [4.78, 5) is 11.0. The normalized spacial score (nSPS) is 17.5. The number of hydrogen-bond acceptors (Lipinski definition) is 1. The van der Waals surface area contributed by atoms with Gasteiger partial charge in [0.05, 0.1) is 6.42 Å². The maximum atomic E-state index is 11.0. The summed E-state index contributed by atoms with van der Waals surface area (Å²) in [6, 6.07) is 6.37. The Balaban J connectivity index is 2.27. The second-order valence-corrected chi connectivity index (χ2v) is 5.26. The lowest BCUT2D eigenvalue weighted by molar-refractivity contribution is -0.138. The van der Waals surface area contributed by atoms with Crippen LogP contribution in [0.2, 0.25) is 0 Å². The highest BCUT2D eigenvalue weighted by atomic mass is 16.4. The monoisotopic (exact) mass is 232 g/mol. The van der Waals surface area contributed by atoms with E-state index in [1.165, 1.54) is 36.0 Å². The molecule has 2 heteroatoms. The largest absolute Gasteiger partial charge is 0.481 e. The molecule has 0 heterocycles. The average Bonchev–Trinajstić information content (AvgIpc) is 2.13. The van der Waals surface area contributed by atoms with Crippen molar-refractivity contribution in [2.24, 2.45) is 5.92 Å². The van der Waals surface area contributed by atoms with E-state index >= 15 is 0 Å². The molecule has 1 unspecified atom stereocenters. The lowest BCUT2D eigenvalue weighted by atomic mass is 9.71. The molecule has 0 saturated heterocycles. The molecule has 1 N–H and O–H groups in total. The van der Waals surface area contributed by atoms with Crippen molar-refractivity contribution in [3.8, 4) is 0 Å². The van der Waals surface area contributed by atoms with Crippen LogP contribution in [-0.4, -0.2) is 11.1 Å². The summed E-state index contributed by atoms with van der Waals surface area (Å²) < 4.78 is 0. The van der Waals surface area contributed by atoms with Gasteiger partial charge in [0.2, 0.25) is 0 Å². The van der Waals surface area contributed by atoms with Gasteiger partial charge in [-0.1, -0.05) is 30.2 Å². The van der Waals surface area contributed by atoms with E-state index < -0.39 is 5.97 Å². The van der Waals surface area contributed by atoms with Crippen LogP contribution in [0.1, 0.15) is 48.3 Å². The van der Waals surface area contributed by atoms with Gasteiger partial charge in [0.25, 0.3) is 0 Å². The number of benzene rings is 1. The van der Waals surface area contributed by atoms with Crippen LogP contribution in [0.3, 0.4) is 0 Å². The predicted molar refractivity (Wildman–Crippen MR) is 68.3 cm³/mol. The number of carboxylic acids is 1. The maximum Gasteiger partial charge on any atom is 0.303 e. The Morgan fingerprint density at radius 2 is 2.12 bits per heavy atom. The van der Waals surface area contributed by atoms with Gasteiger partial charge in [-0.15, -0.1) is 0 Å². The third kappa shape index (κ3) is 2.68. The number of rotatable bonds is 4. The van der Waals surface area contributed by atoms with Crippen LogP contribution in [0.4, 0.5) is 0 Å². The molecule has 1 aromatic carbocycles. The zero-order valence-corrected chi connectivity index (χ0v) is 10.6. The molecule has 2 nitrogen and oxygen atoms in total. The van der Waals surface area contributed by atoms with Gasteiger partial charge in [0, 0.05) is 0 Å². The Kier molecular flexibility index (Phi) is 3.51. The number of carboxylic acid groups (broad SMARTS) is 1. The molecule has 92 valence electrons. The van der Waals surface area contributed by atoms with Gasteiger partial charge in [0.1, 0.15) is 0 Å². The predicted octanol–water partition coefficient (Wildman–Crippen LogP) is 3.66. The molecule has 0 aromatic heterocycles. The highest BCUT2D eigenvalue weighted by molar-refractivity contribution is 5.68. The van der Waals surface area contributed by atoms with E-state index in [-0.39, 0.29) is 12.3 Å². The number of carbonyl (C=O) groups is 1. The Hall–Kier alpha value is -1.31. The molecular weight excluding hydrogens is 212 g/mol. The molecule has 1 atom stereocenters. The van der Waals surface area contributed by atoms with Crippen LogP contribution in [0, 0.1) is 19.8 Å². The van der Waals surface area contributed by atoms with Gasteiger partial charge >= 0.3 is 5.97 Å². The summed E-state index contributed by atoms with van der Waals surface area (Å²) in [5.41, 5.74) is 3.72. The van der Waals surface area contributed by atoms with Crippen molar-refractivity contribution in [1.82, 2.24) is 0 Å². The fraction of sp³-hybridized carbons (Fsp3) is 0.533. The van der Waals surface area contributed by atoms with Gasteiger partial charge in [-0.3, -0.25) is 4.79 Å². The van der Waals surface area contributed by atoms with E-state index in [0.717, 1.165) is 0 Å². The molecule has 2 rings (SSSR count). The quantitative estimate of drug-likeness (QED) is 0.860. The first-order chi connectivity index (χ1) is 8.08. The van der Waals surface area contributed by atoms with Gasteiger partial charge in [0.15, 0.2) is 0 Å². The van der Waals surface area contributed by atoms with E-state index in [1.807, 2.05) is 0 Å². The molecule has 1 fully saturated rings. The van der Waals surface area contributed by atoms with Crippen molar-refractivity contribution in [1.29, 1.82) is 0 Å². The SMILES string of the molecule is Cc1ccc(C(CC(=O)O)C2CCC2)c(C)c1. The van der Waals surface area contributed by atoms with Crippen molar-refractivity contribution in [3.63, 3.8) is 0 Å². The first-order valence-corrected chi connectivity index (χ1v) is 6.37. The third-order valence-corrected chi connectivity index (χ3v) is 3.94. The van der Waals surface area contributed by atoms with Crippen LogP contribution >= 0.6 is 0 Å². The van der Waals surface area contributed by atoms with E-state index in [2.05, 4.69) is 32.0 Å². The molecule has 17 heavy (non-hydrogen) atoms. The van der Waals surface area contributed by atoms with Crippen molar-refractivity contribution < 1.29 is 9.90 Å². The lowest BCUT2D eigenvalue weighted by Crippen LogP contribution is -2.23. The van der Waals surface area contributed by atoms with E-state index in [1.54, 1.807) is 0 Å². The number of hydrogen-bond donors (Lipinski definition) is 1. The summed E-state index contributed by atoms with van der Waals surface area (Å²) in [6.07, 6.45) is 3.90. The highest BCUT2D eigenvalue weighted by Gasteiger charge is 2.30. The first kappa shape index (κ1) is 12.2. The van der Waals surface area contributed by atoms with Crippen molar-refractivity contribution in [2.45, 2.75) is 45.4 Å². The Morgan fingerprint density at radius 1 is 1.41 bits per heavy atom. The molecular formula is C15H20O2. The minimum Gasteiger partial charge on any atom is -0.481 e. The highest BCUT2D eigenvalue weighted by Crippen LogP contribution is 2.42. The van der Waals surface area contributed by atoms with Crippen LogP contribution in [0.5, 0.6) is 0 Å². The fourth-order valence-corrected chi connectivity index (χ4v) is 2.80. The van der Waals surface area contributed by atoms with E-state index in [9.17, 15) is 4.79 Å². The van der Waals surface area contributed by atoms with Crippen LogP contribution < -0.4 is 0 Å². The molecule has 1 saturated carbocycles. The van der Waals surface area contributed by atoms with Crippen LogP contribution in [-0.2, 0) is 4.79 Å². The maximum absolute atomic E-state index is 11.0. The summed E-state index contributed by atoms with van der Waals surface area (Å²) >= 11 is 0. The molecule has 0 bridgehead atoms. The smallest absolute Gasteiger partial charge is 0.303 e. The average molecular weight is 232 g/mol. The van der Waals surface area contributed by atoms with Crippen molar-refractivity contribution >= 4 is 5.97 Å². The molecule has 1 aromatic rings. The lowest BCUT2D eigenvalue weighted by Gasteiger charge is -2.34. The minimum atomic E-state index is -0.679. The number of aryl methyl sites for hydroxylation is 2. The van der Waals surface area contributed by atoms with Crippen LogP contribution in [0.15, 0.2) is 18.2 Å². The van der Waals surface area contributed by atoms with Crippen LogP contribution in [0.25, 0.3) is 0 Å². The standard InChI is InChI=1S/C15H20O2/c1-10-6-7-13(11(2)8-10)14(9-15(16)17)12-4-3-5-12/h6-8,12,14H,3-5,9H2,1-2H3,(H,16,17). The molecule has 0 radical (unpaired) electrons. The third-order valence-electron chi connectivity index (χ3n) is 3.94. The molecule has 1 aliphatic rings. The Bertz CT molecular complexity index is 419. The van der Waals surface area contributed by atoms with Gasteiger partial charge in [-0.05, 0) is 49.7 Å². The molecule has 1 aliphatic carbocycles. The van der Waals surface area contributed by atoms with Crippen molar-refractivity contribution in [2.75, 3.05) is 0 Å². The topological polar surface area (TPSA) is 37.3 Å². The minimum absolute atomic E-state index is 0.210. The van der Waals surface area contributed by atoms with E-state index in [4.69, 9.17) is 5.11 Å².